The van der Waals surface area contributed by atoms with Crippen molar-refractivity contribution < 1.29 is 14.4 Å². The number of nitrogens with one attached hydrogen (secondary N) is 1. The zero-order valence-corrected chi connectivity index (χ0v) is 21.3. The van der Waals surface area contributed by atoms with E-state index >= 15 is 0 Å². The minimum atomic E-state index is -0.459. The summed E-state index contributed by atoms with van der Waals surface area (Å²) in [5.41, 5.74) is 6.59. The molecule has 1 aromatic heterocycles. The molecule has 0 spiro atoms. The average molecular weight is 489 g/mol. The molecule has 1 fully saturated rings. The van der Waals surface area contributed by atoms with Crippen molar-refractivity contribution >= 4 is 46.3 Å². The van der Waals surface area contributed by atoms with Crippen LogP contribution in [0.5, 0.6) is 0 Å². The molecule has 2 heterocycles. The predicted molar refractivity (Wildman–Crippen MR) is 142 cm³/mol. The fourth-order valence-electron chi connectivity index (χ4n) is 4.08. The zero-order valence-electron chi connectivity index (χ0n) is 20.5. The van der Waals surface area contributed by atoms with Gasteiger partial charge in [-0.1, -0.05) is 12.1 Å². The highest BCUT2D eigenvalue weighted by molar-refractivity contribution is 8.18. The SMILES string of the molecule is Cc1cccc(NC(=O)CN2C(=O)S/C(=C\c3cc(C)n(-c4ccc(N(C)C)cc4)c3C)C2=O)c1. The van der Waals surface area contributed by atoms with Crippen LogP contribution in [0, 0.1) is 20.8 Å². The first-order valence-corrected chi connectivity index (χ1v) is 12.0. The Balaban J connectivity index is 1.52. The van der Waals surface area contributed by atoms with Crippen LogP contribution in [0.25, 0.3) is 11.8 Å². The summed E-state index contributed by atoms with van der Waals surface area (Å²) in [5.74, 6) is -0.877. The molecule has 8 heteroatoms. The normalized spacial score (nSPS) is 14.7. The number of thioether (sulfide) groups is 1. The lowest BCUT2D eigenvalue weighted by atomic mass is 10.2. The number of hydrogen-bond acceptors (Lipinski definition) is 5. The number of carbonyl (C=O) groups excluding carboxylic acids is 3. The third-order valence-electron chi connectivity index (χ3n) is 5.86. The van der Waals surface area contributed by atoms with Crippen molar-refractivity contribution in [3.05, 3.63) is 82.0 Å². The molecule has 1 saturated heterocycles. The zero-order chi connectivity index (χ0) is 25.3. The molecule has 1 N–H and O–H groups in total. The van der Waals surface area contributed by atoms with Crippen LogP contribution in [0.15, 0.2) is 59.5 Å². The third-order valence-corrected chi connectivity index (χ3v) is 6.77. The van der Waals surface area contributed by atoms with Gasteiger partial charge in [-0.3, -0.25) is 19.3 Å². The minimum Gasteiger partial charge on any atom is -0.378 e. The van der Waals surface area contributed by atoms with E-state index in [1.807, 2.05) is 64.0 Å². The Morgan fingerprint density at radius 3 is 2.40 bits per heavy atom. The standard InChI is InChI=1S/C27H28N4O3S/c1-17-7-6-8-21(13-17)28-25(32)16-30-26(33)24(35-27(30)34)15-20-14-18(2)31(19(20)3)23-11-9-22(10-12-23)29(4)5/h6-15H,16H2,1-5H3,(H,28,32)/b24-15-. The van der Waals surface area contributed by atoms with Gasteiger partial charge < -0.3 is 14.8 Å². The van der Waals surface area contributed by atoms with Gasteiger partial charge in [-0.2, -0.15) is 0 Å². The molecule has 4 rings (SSSR count). The van der Waals surface area contributed by atoms with E-state index in [-0.39, 0.29) is 6.54 Å². The van der Waals surface area contributed by atoms with Gasteiger partial charge in [-0.25, -0.2) is 0 Å². The topological polar surface area (TPSA) is 74.7 Å². The van der Waals surface area contributed by atoms with Crippen LogP contribution >= 0.6 is 11.8 Å². The van der Waals surface area contributed by atoms with E-state index in [0.717, 1.165) is 50.6 Å². The summed E-state index contributed by atoms with van der Waals surface area (Å²) in [6.45, 7) is 5.59. The summed E-state index contributed by atoms with van der Waals surface area (Å²) in [6.07, 6.45) is 1.73. The Morgan fingerprint density at radius 1 is 1.03 bits per heavy atom. The number of benzene rings is 2. The molecule has 3 aromatic rings. The lowest BCUT2D eigenvalue weighted by molar-refractivity contribution is -0.127. The van der Waals surface area contributed by atoms with Crippen molar-refractivity contribution in [2.75, 3.05) is 30.9 Å². The van der Waals surface area contributed by atoms with E-state index in [1.165, 1.54) is 0 Å². The number of carbonyl (C=O) groups is 3. The first kappa shape index (κ1) is 24.3. The van der Waals surface area contributed by atoms with Crippen molar-refractivity contribution in [2.24, 2.45) is 0 Å². The van der Waals surface area contributed by atoms with Crippen LogP contribution in [-0.2, 0) is 9.59 Å². The first-order chi connectivity index (χ1) is 16.6. The molecule has 0 aliphatic carbocycles. The number of aryl methyl sites for hydroxylation is 2. The van der Waals surface area contributed by atoms with Crippen molar-refractivity contribution in [3.63, 3.8) is 0 Å². The van der Waals surface area contributed by atoms with Gasteiger partial charge in [0.2, 0.25) is 5.91 Å². The molecule has 0 atom stereocenters. The third kappa shape index (κ3) is 5.17. The van der Waals surface area contributed by atoms with Crippen molar-refractivity contribution in [2.45, 2.75) is 20.8 Å². The summed E-state index contributed by atoms with van der Waals surface area (Å²) in [6, 6.07) is 17.6. The highest BCUT2D eigenvalue weighted by Gasteiger charge is 2.36. The number of amides is 3. The molecule has 1 aliphatic heterocycles. The molecule has 0 bridgehead atoms. The van der Waals surface area contributed by atoms with Crippen LogP contribution in [0.1, 0.15) is 22.5 Å². The van der Waals surface area contributed by atoms with E-state index in [0.29, 0.717) is 10.6 Å². The molecule has 0 unspecified atom stereocenters. The van der Waals surface area contributed by atoms with E-state index in [2.05, 4.69) is 34.1 Å². The summed E-state index contributed by atoms with van der Waals surface area (Å²) in [5, 5.41) is 2.29. The van der Waals surface area contributed by atoms with Crippen molar-refractivity contribution in [1.82, 2.24) is 9.47 Å². The van der Waals surface area contributed by atoms with Crippen molar-refractivity contribution in [1.29, 1.82) is 0 Å². The molecule has 0 radical (unpaired) electrons. The molecule has 1 aliphatic rings. The summed E-state index contributed by atoms with van der Waals surface area (Å²) >= 11 is 0.856. The minimum absolute atomic E-state index is 0.307. The fourth-order valence-corrected chi connectivity index (χ4v) is 4.90. The second-order valence-corrected chi connectivity index (χ2v) is 9.75. The number of aromatic nitrogens is 1. The van der Waals surface area contributed by atoms with Crippen LogP contribution < -0.4 is 10.2 Å². The smallest absolute Gasteiger partial charge is 0.294 e. The Labute approximate surface area is 209 Å². The van der Waals surface area contributed by atoms with Crippen molar-refractivity contribution in [3.8, 4) is 5.69 Å². The molecule has 2 aromatic carbocycles. The lowest BCUT2D eigenvalue weighted by Gasteiger charge is -2.15. The summed E-state index contributed by atoms with van der Waals surface area (Å²) in [7, 11) is 4.00. The Kier molecular flexibility index (Phi) is 6.84. The second-order valence-electron chi connectivity index (χ2n) is 8.76. The number of nitrogens with zero attached hydrogens (tertiary/aromatic N) is 3. The van der Waals surface area contributed by atoms with Crippen LogP contribution in [0.4, 0.5) is 16.2 Å². The molecule has 0 saturated carbocycles. The molecular formula is C27H28N4O3S. The van der Waals surface area contributed by atoms with Crippen LogP contribution in [-0.4, -0.2) is 47.2 Å². The highest BCUT2D eigenvalue weighted by Crippen LogP contribution is 2.34. The Morgan fingerprint density at radius 2 is 1.74 bits per heavy atom. The van der Waals surface area contributed by atoms with Gasteiger partial charge in [-0.15, -0.1) is 0 Å². The first-order valence-electron chi connectivity index (χ1n) is 11.2. The second kappa shape index (κ2) is 9.84. The van der Waals surface area contributed by atoms with E-state index in [9.17, 15) is 14.4 Å². The van der Waals surface area contributed by atoms with Gasteiger partial charge >= 0.3 is 0 Å². The lowest BCUT2D eigenvalue weighted by Crippen LogP contribution is -2.36. The van der Waals surface area contributed by atoms with E-state index in [4.69, 9.17) is 0 Å². The predicted octanol–water partition coefficient (Wildman–Crippen LogP) is 5.14. The summed E-state index contributed by atoms with van der Waals surface area (Å²) < 4.78 is 2.12. The van der Waals surface area contributed by atoms with Crippen LogP contribution in [0.3, 0.4) is 0 Å². The van der Waals surface area contributed by atoms with Gasteiger partial charge in [0.25, 0.3) is 11.1 Å². The molecule has 180 valence electrons. The quantitative estimate of drug-likeness (QED) is 0.486. The average Bonchev–Trinajstić information content (AvgIpc) is 3.23. The maximum atomic E-state index is 13.0. The number of rotatable bonds is 6. The van der Waals surface area contributed by atoms with Gasteiger partial charge in [-0.05, 0) is 92.2 Å². The molecule has 35 heavy (non-hydrogen) atoms. The van der Waals surface area contributed by atoms with Crippen LogP contribution in [0.2, 0.25) is 0 Å². The monoisotopic (exact) mass is 488 g/mol. The number of imide groups is 1. The molecule has 3 amide bonds. The van der Waals surface area contributed by atoms with Gasteiger partial charge in [0, 0.05) is 42.5 Å². The largest absolute Gasteiger partial charge is 0.378 e. The van der Waals surface area contributed by atoms with Gasteiger partial charge in [0.1, 0.15) is 6.54 Å². The van der Waals surface area contributed by atoms with E-state index < -0.39 is 17.1 Å². The molecule has 7 nitrogen and oxygen atoms in total. The highest BCUT2D eigenvalue weighted by atomic mass is 32.2. The molecular weight excluding hydrogens is 460 g/mol. The Bertz CT molecular complexity index is 1340. The maximum Gasteiger partial charge on any atom is 0.294 e. The fraction of sp³-hybridized carbons (Fsp3) is 0.222. The number of anilines is 2. The van der Waals surface area contributed by atoms with E-state index in [1.54, 1.807) is 12.1 Å². The van der Waals surface area contributed by atoms with Gasteiger partial charge in [0.15, 0.2) is 0 Å². The maximum absolute atomic E-state index is 13.0. The van der Waals surface area contributed by atoms with Gasteiger partial charge in [0.05, 0.1) is 4.91 Å². The Hall–Kier alpha value is -3.78. The summed E-state index contributed by atoms with van der Waals surface area (Å²) in [4.78, 5) is 41.3. The number of hydrogen-bond donors (Lipinski definition) is 1.